The zero-order chi connectivity index (χ0) is 10.5. The van der Waals surface area contributed by atoms with Crippen LogP contribution in [0.3, 0.4) is 0 Å². The van der Waals surface area contributed by atoms with Gasteiger partial charge in [0.2, 0.25) is 0 Å². The van der Waals surface area contributed by atoms with E-state index < -0.39 is 0 Å². The van der Waals surface area contributed by atoms with Crippen LogP contribution in [0.2, 0.25) is 0 Å². The molecule has 1 aromatic carbocycles. The zero-order valence-corrected chi connectivity index (χ0v) is 8.90. The Morgan fingerprint density at radius 3 is 2.21 bits per heavy atom. The smallest absolute Gasteiger partial charge is 0.181 e. The van der Waals surface area contributed by atoms with Crippen LogP contribution in [0.15, 0.2) is 0 Å². The maximum absolute atomic E-state index is 5.96. The monoisotopic (exact) mass is 208 g/mol. The molecule has 0 aliphatic heterocycles. The van der Waals surface area contributed by atoms with Crippen molar-refractivity contribution in [3.8, 4) is 0 Å². The molecule has 1 heterocycles. The van der Waals surface area contributed by atoms with Crippen molar-refractivity contribution in [2.45, 2.75) is 13.8 Å². The lowest BCUT2D eigenvalue weighted by Gasteiger charge is -2.08. The Bertz CT molecular complexity index is 470. The SMILES string of the molecule is Cc1c(C)c(N)c2sc(N)nc2c1N. The van der Waals surface area contributed by atoms with Crippen LogP contribution >= 0.6 is 11.3 Å². The fourth-order valence-electron chi connectivity index (χ4n) is 1.45. The highest BCUT2D eigenvalue weighted by Crippen LogP contribution is 2.37. The standard InChI is InChI=1S/C9H12N4S/c1-3-4(2)6(11)8-7(5(3)10)13-9(12)14-8/h10-11H2,1-2H3,(H2,12,13). The molecule has 4 nitrogen and oxygen atoms in total. The van der Waals surface area contributed by atoms with Crippen molar-refractivity contribution >= 4 is 38.1 Å². The topological polar surface area (TPSA) is 91.0 Å². The van der Waals surface area contributed by atoms with E-state index in [1.165, 1.54) is 11.3 Å². The van der Waals surface area contributed by atoms with E-state index in [2.05, 4.69) is 4.98 Å². The second-order valence-corrected chi connectivity index (χ2v) is 4.34. The highest BCUT2D eigenvalue weighted by molar-refractivity contribution is 7.22. The van der Waals surface area contributed by atoms with Gasteiger partial charge in [0.1, 0.15) is 5.52 Å². The Labute approximate surface area is 85.7 Å². The van der Waals surface area contributed by atoms with Gasteiger partial charge < -0.3 is 17.2 Å². The number of anilines is 3. The third-order valence-corrected chi connectivity index (χ3v) is 3.43. The average Bonchev–Trinajstić information content (AvgIpc) is 2.54. The largest absolute Gasteiger partial charge is 0.397 e. The number of benzene rings is 1. The number of nitrogen functional groups attached to an aromatic ring is 3. The minimum absolute atomic E-state index is 0.503. The number of fused-ring (bicyclic) bond motifs is 1. The average molecular weight is 208 g/mol. The lowest BCUT2D eigenvalue weighted by Crippen LogP contribution is -1.99. The fraction of sp³-hybridized carbons (Fsp3) is 0.222. The number of thiazole rings is 1. The quantitative estimate of drug-likeness (QED) is 0.574. The predicted octanol–water partition coefficient (Wildman–Crippen LogP) is 1.66. The summed E-state index contributed by atoms with van der Waals surface area (Å²) in [7, 11) is 0. The summed E-state index contributed by atoms with van der Waals surface area (Å²) < 4.78 is 0.892. The van der Waals surface area contributed by atoms with Crippen molar-refractivity contribution in [3.63, 3.8) is 0 Å². The molecule has 1 aromatic heterocycles. The zero-order valence-electron chi connectivity index (χ0n) is 8.09. The first-order chi connectivity index (χ1) is 6.52. The van der Waals surface area contributed by atoms with Crippen LogP contribution in [0.1, 0.15) is 11.1 Å². The number of hydrogen-bond acceptors (Lipinski definition) is 5. The molecule has 6 N–H and O–H groups in total. The molecule has 0 unspecified atom stereocenters. The third kappa shape index (κ3) is 1.02. The van der Waals surface area contributed by atoms with Gasteiger partial charge in [0.25, 0.3) is 0 Å². The molecule has 2 rings (SSSR count). The van der Waals surface area contributed by atoms with E-state index in [1.54, 1.807) is 0 Å². The molecule has 2 aromatic rings. The van der Waals surface area contributed by atoms with Gasteiger partial charge in [0.05, 0.1) is 16.1 Å². The number of rotatable bonds is 0. The van der Waals surface area contributed by atoms with Gasteiger partial charge in [-0.25, -0.2) is 4.98 Å². The first-order valence-electron chi connectivity index (χ1n) is 4.22. The van der Waals surface area contributed by atoms with Gasteiger partial charge in [0.15, 0.2) is 5.13 Å². The molecule has 0 saturated heterocycles. The number of nitrogens with two attached hydrogens (primary N) is 3. The highest BCUT2D eigenvalue weighted by atomic mass is 32.1. The Kier molecular flexibility index (Phi) is 1.78. The molecule has 14 heavy (non-hydrogen) atoms. The first-order valence-corrected chi connectivity index (χ1v) is 5.04. The summed E-state index contributed by atoms with van der Waals surface area (Å²) in [6.45, 7) is 3.90. The van der Waals surface area contributed by atoms with Crippen LogP contribution in [0, 0.1) is 13.8 Å². The summed E-state index contributed by atoms with van der Waals surface area (Å²) in [6, 6.07) is 0. The van der Waals surface area contributed by atoms with Crippen LogP contribution in [0.4, 0.5) is 16.5 Å². The second kappa shape index (κ2) is 2.75. The molecular formula is C9H12N4S. The van der Waals surface area contributed by atoms with Crippen molar-refractivity contribution in [2.75, 3.05) is 17.2 Å². The van der Waals surface area contributed by atoms with Crippen molar-refractivity contribution in [2.24, 2.45) is 0 Å². The van der Waals surface area contributed by atoms with E-state index in [0.29, 0.717) is 10.8 Å². The summed E-state index contributed by atoms with van der Waals surface area (Å²) in [5.74, 6) is 0. The third-order valence-electron chi connectivity index (χ3n) is 2.51. The lowest BCUT2D eigenvalue weighted by atomic mass is 10.1. The lowest BCUT2D eigenvalue weighted by molar-refractivity contribution is 1.36. The molecule has 0 aliphatic rings. The van der Waals surface area contributed by atoms with Crippen LogP contribution in [-0.4, -0.2) is 4.98 Å². The Morgan fingerprint density at radius 1 is 1.00 bits per heavy atom. The van der Waals surface area contributed by atoms with E-state index in [4.69, 9.17) is 17.2 Å². The van der Waals surface area contributed by atoms with E-state index in [9.17, 15) is 0 Å². The number of aromatic nitrogens is 1. The molecule has 0 aliphatic carbocycles. The highest BCUT2D eigenvalue weighted by Gasteiger charge is 2.13. The van der Waals surface area contributed by atoms with E-state index >= 15 is 0 Å². The minimum atomic E-state index is 0.503. The molecular weight excluding hydrogens is 196 g/mol. The Balaban J connectivity index is 3.01. The van der Waals surface area contributed by atoms with Crippen molar-refractivity contribution < 1.29 is 0 Å². The van der Waals surface area contributed by atoms with Crippen molar-refractivity contribution in [1.29, 1.82) is 0 Å². The maximum Gasteiger partial charge on any atom is 0.181 e. The van der Waals surface area contributed by atoms with Gasteiger partial charge >= 0.3 is 0 Å². The van der Waals surface area contributed by atoms with Crippen LogP contribution in [0.5, 0.6) is 0 Å². The van der Waals surface area contributed by atoms with Gasteiger partial charge in [0, 0.05) is 0 Å². The van der Waals surface area contributed by atoms with Crippen LogP contribution in [0.25, 0.3) is 10.2 Å². The molecule has 0 amide bonds. The molecule has 74 valence electrons. The van der Waals surface area contributed by atoms with Gasteiger partial charge in [-0.05, 0) is 25.0 Å². The van der Waals surface area contributed by atoms with Gasteiger partial charge in [-0.1, -0.05) is 11.3 Å². The van der Waals surface area contributed by atoms with E-state index in [1.807, 2.05) is 13.8 Å². The normalized spacial score (nSPS) is 11.0. The van der Waals surface area contributed by atoms with Gasteiger partial charge in [-0.2, -0.15) is 0 Å². The molecule has 0 radical (unpaired) electrons. The fourth-order valence-corrected chi connectivity index (χ4v) is 2.32. The van der Waals surface area contributed by atoms with Crippen LogP contribution < -0.4 is 17.2 Å². The molecule has 0 saturated carbocycles. The molecule has 0 spiro atoms. The number of nitrogens with zero attached hydrogens (tertiary/aromatic N) is 1. The maximum atomic E-state index is 5.96. The molecule has 0 fully saturated rings. The Hall–Kier alpha value is -1.49. The molecule has 5 heteroatoms. The summed E-state index contributed by atoms with van der Waals surface area (Å²) in [5, 5.41) is 0.503. The second-order valence-electron chi connectivity index (χ2n) is 3.31. The van der Waals surface area contributed by atoms with Crippen molar-refractivity contribution in [1.82, 2.24) is 4.98 Å². The van der Waals surface area contributed by atoms with Crippen molar-refractivity contribution in [3.05, 3.63) is 11.1 Å². The molecule has 0 atom stereocenters. The predicted molar refractivity (Wildman–Crippen MR) is 62.3 cm³/mol. The van der Waals surface area contributed by atoms with Gasteiger partial charge in [-0.15, -0.1) is 0 Å². The summed E-state index contributed by atoms with van der Waals surface area (Å²) >= 11 is 1.38. The van der Waals surface area contributed by atoms with E-state index in [-0.39, 0.29) is 0 Å². The Morgan fingerprint density at radius 2 is 1.57 bits per heavy atom. The van der Waals surface area contributed by atoms with Crippen LogP contribution in [-0.2, 0) is 0 Å². The first kappa shape index (κ1) is 9.08. The summed E-state index contributed by atoms with van der Waals surface area (Å²) in [6.07, 6.45) is 0. The van der Waals surface area contributed by atoms with E-state index in [0.717, 1.165) is 27.0 Å². The van der Waals surface area contributed by atoms with Gasteiger partial charge in [-0.3, -0.25) is 0 Å². The minimum Gasteiger partial charge on any atom is -0.397 e. The number of hydrogen-bond donors (Lipinski definition) is 3. The summed E-state index contributed by atoms with van der Waals surface area (Å²) in [4.78, 5) is 4.17. The summed E-state index contributed by atoms with van der Waals surface area (Å²) in [5.41, 5.74) is 21.7. The molecule has 0 bridgehead atoms.